The maximum absolute atomic E-state index is 11.3. The van der Waals surface area contributed by atoms with Crippen LogP contribution in [0, 0.1) is 0 Å². The number of hydrogen-bond donors (Lipinski definition) is 2. The van der Waals surface area contributed by atoms with E-state index in [0.717, 1.165) is 5.57 Å². The van der Waals surface area contributed by atoms with Crippen molar-refractivity contribution < 1.29 is 0 Å². The van der Waals surface area contributed by atoms with Crippen LogP contribution in [0.3, 0.4) is 0 Å². The molecule has 4 heteroatoms. The van der Waals surface area contributed by atoms with E-state index in [0.29, 0.717) is 5.82 Å². The van der Waals surface area contributed by atoms with Gasteiger partial charge in [-0.1, -0.05) is 43.0 Å². The number of hydrogen-bond acceptors (Lipinski definition) is 3. The minimum Gasteiger partial charge on any atom is -0.383 e. The summed E-state index contributed by atoms with van der Waals surface area (Å²) < 4.78 is 0. The molecule has 17 heavy (non-hydrogen) atoms. The van der Waals surface area contributed by atoms with Crippen molar-refractivity contribution in [2.24, 2.45) is 0 Å². The number of nitrogens with one attached hydrogen (secondary N) is 1. The Labute approximate surface area is 99.9 Å². The molecule has 0 spiro atoms. The van der Waals surface area contributed by atoms with Gasteiger partial charge in [-0.05, 0) is 6.92 Å². The van der Waals surface area contributed by atoms with Crippen LogP contribution in [-0.2, 0) is 0 Å². The first-order chi connectivity index (χ1) is 8.17. The molecule has 1 aromatic rings. The number of aromatic amines is 1. The highest BCUT2D eigenvalue weighted by molar-refractivity contribution is 5.71. The molecule has 0 bridgehead atoms. The Bertz CT molecular complexity index is 536. The summed E-state index contributed by atoms with van der Waals surface area (Å²) in [7, 11) is 0. The van der Waals surface area contributed by atoms with Crippen LogP contribution in [0.4, 0.5) is 5.82 Å². The number of anilines is 1. The molecule has 4 nitrogen and oxygen atoms in total. The Kier molecular flexibility index (Phi) is 4.69. The maximum Gasteiger partial charge on any atom is 0.253 e. The van der Waals surface area contributed by atoms with Crippen LogP contribution >= 0.6 is 0 Å². The topological polar surface area (TPSA) is 71.8 Å². The lowest BCUT2D eigenvalue weighted by molar-refractivity contribution is 1.09. The Morgan fingerprint density at radius 1 is 1.53 bits per heavy atom. The summed E-state index contributed by atoms with van der Waals surface area (Å²) in [6, 6.07) is 1.24. The van der Waals surface area contributed by atoms with Crippen molar-refractivity contribution in [2.45, 2.75) is 6.92 Å². The molecule has 0 fully saturated rings. The molecule has 1 rings (SSSR count). The van der Waals surface area contributed by atoms with E-state index in [4.69, 9.17) is 5.73 Å². The summed E-state index contributed by atoms with van der Waals surface area (Å²) in [6.07, 6.45) is 10.8. The molecule has 88 valence electrons. The summed E-state index contributed by atoms with van der Waals surface area (Å²) in [5.74, 6) is 0.619. The molecular weight excluding hydrogens is 214 g/mol. The average Bonchev–Trinajstić information content (AvgIpc) is 2.27. The number of nitrogen functional groups attached to an aromatic ring is 1. The van der Waals surface area contributed by atoms with Gasteiger partial charge in [0.1, 0.15) is 11.6 Å². The van der Waals surface area contributed by atoms with Crippen molar-refractivity contribution in [3.63, 3.8) is 0 Å². The second-order valence-electron chi connectivity index (χ2n) is 3.26. The van der Waals surface area contributed by atoms with Gasteiger partial charge in [0, 0.05) is 11.6 Å². The fourth-order valence-corrected chi connectivity index (χ4v) is 1.22. The highest BCUT2D eigenvalue weighted by Gasteiger charge is 2.01. The van der Waals surface area contributed by atoms with Gasteiger partial charge in [-0.25, -0.2) is 4.98 Å². The lowest BCUT2D eigenvalue weighted by Gasteiger charge is -2.01. The number of nitrogens with two attached hydrogens (primary N) is 1. The van der Waals surface area contributed by atoms with Crippen LogP contribution in [0.2, 0.25) is 0 Å². The minimum atomic E-state index is -0.276. The van der Waals surface area contributed by atoms with Gasteiger partial charge in [0.05, 0.1) is 0 Å². The smallest absolute Gasteiger partial charge is 0.253 e. The van der Waals surface area contributed by atoms with Crippen molar-refractivity contribution in [2.75, 3.05) is 5.73 Å². The van der Waals surface area contributed by atoms with Crippen LogP contribution in [-0.4, -0.2) is 9.97 Å². The summed E-state index contributed by atoms with van der Waals surface area (Å²) in [4.78, 5) is 18.0. The van der Waals surface area contributed by atoms with Crippen LogP contribution in [0.15, 0.2) is 53.9 Å². The molecule has 0 unspecified atom stereocenters. The van der Waals surface area contributed by atoms with Crippen LogP contribution in [0.5, 0.6) is 0 Å². The fraction of sp³-hybridized carbons (Fsp3) is 0.0769. The van der Waals surface area contributed by atoms with Crippen LogP contribution < -0.4 is 11.3 Å². The average molecular weight is 229 g/mol. The molecule has 0 amide bonds. The normalized spacial score (nSPS) is 12.4. The predicted molar refractivity (Wildman–Crippen MR) is 71.4 cm³/mol. The lowest BCUT2D eigenvalue weighted by atomic mass is 10.2. The second kappa shape index (κ2) is 6.27. The van der Waals surface area contributed by atoms with Crippen LogP contribution in [0.1, 0.15) is 12.7 Å². The Morgan fingerprint density at radius 2 is 2.29 bits per heavy atom. The van der Waals surface area contributed by atoms with Crippen molar-refractivity contribution in [3.05, 3.63) is 65.3 Å². The van der Waals surface area contributed by atoms with Gasteiger partial charge in [0.2, 0.25) is 0 Å². The molecule has 0 aliphatic carbocycles. The minimum absolute atomic E-state index is 0.193. The monoisotopic (exact) mass is 229 g/mol. The van der Waals surface area contributed by atoms with Crippen molar-refractivity contribution in [3.8, 4) is 0 Å². The molecule has 0 saturated carbocycles. The van der Waals surface area contributed by atoms with Gasteiger partial charge >= 0.3 is 0 Å². The number of aromatic nitrogens is 2. The van der Waals surface area contributed by atoms with E-state index in [-0.39, 0.29) is 11.4 Å². The Hall–Kier alpha value is -2.36. The lowest BCUT2D eigenvalue weighted by Crippen LogP contribution is -2.11. The molecule has 1 heterocycles. The molecule has 1 aromatic heterocycles. The predicted octanol–water partition coefficient (Wildman–Crippen LogP) is 2.05. The zero-order chi connectivity index (χ0) is 12.7. The maximum atomic E-state index is 11.3. The van der Waals surface area contributed by atoms with E-state index in [1.54, 1.807) is 12.2 Å². The highest BCUT2D eigenvalue weighted by atomic mass is 16.1. The highest BCUT2D eigenvalue weighted by Crippen LogP contribution is 2.11. The Morgan fingerprint density at radius 3 is 2.88 bits per heavy atom. The third-order valence-electron chi connectivity index (χ3n) is 1.91. The van der Waals surface area contributed by atoms with Crippen molar-refractivity contribution >= 4 is 11.4 Å². The molecule has 3 N–H and O–H groups in total. The summed E-state index contributed by atoms with van der Waals surface area (Å²) >= 11 is 0. The third kappa shape index (κ3) is 3.95. The molecule has 0 radical (unpaired) electrons. The fourth-order valence-electron chi connectivity index (χ4n) is 1.22. The number of rotatable bonds is 4. The van der Waals surface area contributed by atoms with E-state index < -0.39 is 0 Å². The molecule has 0 aliphatic heterocycles. The quantitative estimate of drug-likeness (QED) is 0.776. The number of nitrogens with zero attached hydrogens (tertiary/aromatic N) is 1. The Balaban J connectivity index is 3.19. The first-order valence-corrected chi connectivity index (χ1v) is 5.16. The third-order valence-corrected chi connectivity index (χ3v) is 1.91. The molecule has 0 saturated heterocycles. The SMILES string of the molecule is C=C\C=C(/C=C\C=C/C)c1nc(N)cc(=O)[nH]1. The number of allylic oxidation sites excluding steroid dienone is 7. The molecule has 0 atom stereocenters. The van der Waals surface area contributed by atoms with Gasteiger partial charge in [0.25, 0.3) is 5.56 Å². The van der Waals surface area contributed by atoms with E-state index in [9.17, 15) is 4.79 Å². The van der Waals surface area contributed by atoms with E-state index in [1.807, 2.05) is 31.2 Å². The molecule has 0 aliphatic rings. The summed E-state index contributed by atoms with van der Waals surface area (Å²) in [5.41, 5.74) is 5.99. The standard InChI is InChI=1S/C13H15N3O/c1-3-5-6-8-10(7-4-2)13-15-11(14)9-12(17)16-13/h3-9H,2H2,1H3,(H3,14,15,16,17)/b5-3-,8-6-,10-7+. The van der Waals surface area contributed by atoms with Crippen molar-refractivity contribution in [1.82, 2.24) is 9.97 Å². The van der Waals surface area contributed by atoms with Crippen molar-refractivity contribution in [1.29, 1.82) is 0 Å². The first kappa shape index (κ1) is 12.7. The van der Waals surface area contributed by atoms with Gasteiger partial charge in [0.15, 0.2) is 0 Å². The summed E-state index contributed by atoms with van der Waals surface area (Å²) in [5, 5.41) is 0. The second-order valence-corrected chi connectivity index (χ2v) is 3.26. The van der Waals surface area contributed by atoms with Gasteiger partial charge in [-0.3, -0.25) is 4.79 Å². The van der Waals surface area contributed by atoms with Gasteiger partial charge in [-0.15, -0.1) is 0 Å². The van der Waals surface area contributed by atoms with Gasteiger partial charge < -0.3 is 10.7 Å². The first-order valence-electron chi connectivity index (χ1n) is 5.16. The summed E-state index contributed by atoms with van der Waals surface area (Å²) in [6.45, 7) is 5.54. The largest absolute Gasteiger partial charge is 0.383 e. The zero-order valence-corrected chi connectivity index (χ0v) is 9.68. The number of H-pyrrole nitrogens is 1. The van der Waals surface area contributed by atoms with Gasteiger partial charge in [-0.2, -0.15) is 0 Å². The molecular formula is C13H15N3O. The van der Waals surface area contributed by atoms with E-state index >= 15 is 0 Å². The van der Waals surface area contributed by atoms with Crippen LogP contribution in [0.25, 0.3) is 5.57 Å². The molecule has 0 aromatic carbocycles. The van der Waals surface area contributed by atoms with E-state index in [1.165, 1.54) is 6.07 Å². The van der Waals surface area contributed by atoms with E-state index in [2.05, 4.69) is 16.5 Å². The zero-order valence-electron chi connectivity index (χ0n) is 9.68.